The van der Waals surface area contributed by atoms with Crippen LogP contribution in [-0.2, 0) is 0 Å². The molecule has 0 aliphatic carbocycles. The Bertz CT molecular complexity index is 457. The molecule has 1 aromatic rings. The van der Waals surface area contributed by atoms with Gasteiger partial charge in [-0.3, -0.25) is 4.90 Å². The first-order valence-electron chi connectivity index (χ1n) is 7.52. The van der Waals surface area contributed by atoms with E-state index in [9.17, 15) is 5.11 Å². The summed E-state index contributed by atoms with van der Waals surface area (Å²) >= 11 is 0. The standard InChI is InChI=1S/C15H27N5O/c1-11-9-13(18-14(16)17-11)20-7-5-19(6-8-20)10-12(21)15(2,3)4/h9,12,21H,5-8,10H2,1-4H3,(H2,16,17,18)/t12-/m0/s1. The van der Waals surface area contributed by atoms with Gasteiger partial charge in [0.25, 0.3) is 0 Å². The van der Waals surface area contributed by atoms with Crippen molar-refractivity contribution in [2.75, 3.05) is 43.4 Å². The third kappa shape index (κ3) is 4.28. The van der Waals surface area contributed by atoms with Gasteiger partial charge in [0.05, 0.1) is 6.10 Å². The van der Waals surface area contributed by atoms with Crippen LogP contribution in [0.1, 0.15) is 26.5 Å². The lowest BCUT2D eigenvalue weighted by Gasteiger charge is -2.38. The second kappa shape index (κ2) is 6.15. The number of aromatic nitrogens is 2. The number of aliphatic hydroxyl groups excluding tert-OH is 1. The molecule has 3 N–H and O–H groups in total. The minimum Gasteiger partial charge on any atom is -0.391 e. The van der Waals surface area contributed by atoms with Crippen molar-refractivity contribution in [1.29, 1.82) is 0 Å². The van der Waals surface area contributed by atoms with Crippen LogP contribution in [0, 0.1) is 12.3 Å². The number of nitrogen functional groups attached to an aromatic ring is 1. The van der Waals surface area contributed by atoms with Gasteiger partial charge in [-0.1, -0.05) is 20.8 Å². The van der Waals surface area contributed by atoms with Gasteiger partial charge < -0.3 is 15.7 Å². The van der Waals surface area contributed by atoms with E-state index >= 15 is 0 Å². The number of aliphatic hydroxyl groups is 1. The lowest BCUT2D eigenvalue weighted by Crippen LogP contribution is -2.50. The van der Waals surface area contributed by atoms with Crippen molar-refractivity contribution in [3.05, 3.63) is 11.8 Å². The van der Waals surface area contributed by atoms with Crippen LogP contribution in [0.15, 0.2) is 6.07 Å². The first-order chi connectivity index (χ1) is 9.75. The Labute approximate surface area is 127 Å². The Morgan fingerprint density at radius 1 is 1.24 bits per heavy atom. The fourth-order valence-corrected chi connectivity index (χ4v) is 2.41. The van der Waals surface area contributed by atoms with Gasteiger partial charge in [-0.15, -0.1) is 0 Å². The minimum atomic E-state index is -0.305. The van der Waals surface area contributed by atoms with Crippen molar-refractivity contribution in [3.63, 3.8) is 0 Å². The summed E-state index contributed by atoms with van der Waals surface area (Å²) in [5.41, 5.74) is 6.53. The SMILES string of the molecule is Cc1cc(N2CCN(C[C@H](O)C(C)(C)C)CC2)nc(N)n1. The van der Waals surface area contributed by atoms with Crippen molar-refractivity contribution < 1.29 is 5.11 Å². The largest absolute Gasteiger partial charge is 0.391 e. The lowest BCUT2D eigenvalue weighted by atomic mass is 9.89. The predicted molar refractivity (Wildman–Crippen MR) is 85.3 cm³/mol. The maximum atomic E-state index is 10.2. The maximum absolute atomic E-state index is 10.2. The van der Waals surface area contributed by atoms with Crippen LogP contribution >= 0.6 is 0 Å². The van der Waals surface area contributed by atoms with Crippen molar-refractivity contribution >= 4 is 11.8 Å². The van der Waals surface area contributed by atoms with E-state index in [1.807, 2.05) is 13.0 Å². The van der Waals surface area contributed by atoms with Crippen LogP contribution < -0.4 is 10.6 Å². The van der Waals surface area contributed by atoms with Gasteiger partial charge >= 0.3 is 0 Å². The molecule has 0 spiro atoms. The number of nitrogens with zero attached hydrogens (tertiary/aromatic N) is 4. The van der Waals surface area contributed by atoms with E-state index in [-0.39, 0.29) is 11.5 Å². The second-order valence-corrected chi connectivity index (χ2v) is 6.90. The number of β-amino-alcohol motifs (C(OH)–C–C–N with tert-alkyl or cyclic N) is 1. The topological polar surface area (TPSA) is 78.5 Å². The van der Waals surface area contributed by atoms with Crippen LogP contribution in [0.5, 0.6) is 0 Å². The molecule has 0 unspecified atom stereocenters. The summed E-state index contributed by atoms with van der Waals surface area (Å²) in [6.07, 6.45) is -0.305. The molecule has 0 amide bonds. The highest BCUT2D eigenvalue weighted by molar-refractivity contribution is 5.43. The average molecular weight is 293 g/mol. The van der Waals surface area contributed by atoms with Gasteiger partial charge in [-0.05, 0) is 12.3 Å². The monoisotopic (exact) mass is 293 g/mol. The van der Waals surface area contributed by atoms with E-state index in [0.717, 1.165) is 44.2 Å². The maximum Gasteiger partial charge on any atom is 0.222 e. The average Bonchev–Trinajstić information content (AvgIpc) is 2.37. The fourth-order valence-electron chi connectivity index (χ4n) is 2.41. The first kappa shape index (κ1) is 16.0. The van der Waals surface area contributed by atoms with Crippen LogP contribution in [0.3, 0.4) is 0 Å². The molecular formula is C15H27N5O. The molecule has 2 rings (SSSR count). The van der Waals surface area contributed by atoms with Crippen LogP contribution in [0.2, 0.25) is 0 Å². The molecule has 2 heterocycles. The summed E-state index contributed by atoms with van der Waals surface area (Å²) in [6.45, 7) is 12.5. The zero-order chi connectivity index (χ0) is 15.6. The summed E-state index contributed by atoms with van der Waals surface area (Å²) in [4.78, 5) is 13.0. The normalized spacial score (nSPS) is 18.8. The molecule has 1 saturated heterocycles. The third-order valence-electron chi connectivity index (χ3n) is 3.99. The predicted octanol–water partition coefficient (Wildman–Crippen LogP) is 0.896. The molecule has 1 fully saturated rings. The van der Waals surface area contributed by atoms with E-state index in [0.29, 0.717) is 5.95 Å². The zero-order valence-electron chi connectivity index (χ0n) is 13.5. The molecule has 0 bridgehead atoms. The number of aryl methyl sites for hydroxylation is 1. The van der Waals surface area contributed by atoms with E-state index in [4.69, 9.17) is 5.73 Å². The molecule has 1 atom stereocenters. The molecule has 1 aromatic heterocycles. The number of rotatable bonds is 3. The molecule has 1 aliphatic heterocycles. The molecule has 6 heteroatoms. The molecular weight excluding hydrogens is 266 g/mol. The zero-order valence-corrected chi connectivity index (χ0v) is 13.5. The van der Waals surface area contributed by atoms with E-state index in [1.54, 1.807) is 0 Å². The molecule has 6 nitrogen and oxygen atoms in total. The van der Waals surface area contributed by atoms with E-state index in [2.05, 4.69) is 40.5 Å². The molecule has 0 radical (unpaired) electrons. The van der Waals surface area contributed by atoms with Crippen molar-refractivity contribution in [1.82, 2.24) is 14.9 Å². The Morgan fingerprint density at radius 3 is 2.38 bits per heavy atom. The summed E-state index contributed by atoms with van der Waals surface area (Å²) < 4.78 is 0. The van der Waals surface area contributed by atoms with Crippen LogP contribution in [0.25, 0.3) is 0 Å². The summed E-state index contributed by atoms with van der Waals surface area (Å²) in [5, 5.41) is 10.2. The molecule has 0 aromatic carbocycles. The molecule has 1 aliphatic rings. The van der Waals surface area contributed by atoms with E-state index in [1.165, 1.54) is 0 Å². The van der Waals surface area contributed by atoms with Crippen LogP contribution in [-0.4, -0.2) is 58.8 Å². The molecule has 0 saturated carbocycles. The lowest BCUT2D eigenvalue weighted by molar-refractivity contribution is 0.0269. The van der Waals surface area contributed by atoms with Gasteiger partial charge in [0.2, 0.25) is 5.95 Å². The highest BCUT2D eigenvalue weighted by Gasteiger charge is 2.26. The smallest absolute Gasteiger partial charge is 0.222 e. The Kier molecular flexibility index (Phi) is 4.68. The number of piperazine rings is 1. The Balaban J connectivity index is 1.91. The number of hydrogen-bond donors (Lipinski definition) is 2. The summed E-state index contributed by atoms with van der Waals surface area (Å²) in [6, 6.07) is 1.97. The van der Waals surface area contributed by atoms with Gasteiger partial charge in [0.15, 0.2) is 0 Å². The van der Waals surface area contributed by atoms with Crippen molar-refractivity contribution in [3.8, 4) is 0 Å². The second-order valence-electron chi connectivity index (χ2n) is 6.90. The highest BCUT2D eigenvalue weighted by atomic mass is 16.3. The van der Waals surface area contributed by atoms with Gasteiger partial charge in [0, 0.05) is 44.5 Å². The van der Waals surface area contributed by atoms with Gasteiger partial charge in [-0.2, -0.15) is 4.98 Å². The van der Waals surface area contributed by atoms with Gasteiger partial charge in [0.1, 0.15) is 5.82 Å². The molecule has 118 valence electrons. The summed E-state index contributed by atoms with van der Waals surface area (Å²) in [5.74, 6) is 1.23. The minimum absolute atomic E-state index is 0.0741. The highest BCUT2D eigenvalue weighted by Crippen LogP contribution is 2.21. The van der Waals surface area contributed by atoms with Crippen LogP contribution in [0.4, 0.5) is 11.8 Å². The van der Waals surface area contributed by atoms with Crippen molar-refractivity contribution in [2.45, 2.75) is 33.8 Å². The fraction of sp³-hybridized carbons (Fsp3) is 0.733. The quantitative estimate of drug-likeness (QED) is 0.862. The number of nitrogens with two attached hydrogens (primary N) is 1. The molecule has 21 heavy (non-hydrogen) atoms. The Morgan fingerprint density at radius 2 is 1.86 bits per heavy atom. The third-order valence-corrected chi connectivity index (χ3v) is 3.99. The first-order valence-corrected chi connectivity index (χ1v) is 7.52. The van der Waals surface area contributed by atoms with E-state index < -0.39 is 0 Å². The Hall–Kier alpha value is -1.40. The number of hydrogen-bond acceptors (Lipinski definition) is 6. The summed E-state index contributed by atoms with van der Waals surface area (Å²) in [7, 11) is 0. The van der Waals surface area contributed by atoms with Crippen molar-refractivity contribution in [2.24, 2.45) is 5.41 Å². The van der Waals surface area contributed by atoms with Gasteiger partial charge in [-0.25, -0.2) is 4.98 Å². The number of anilines is 2.